The number of carboxylic acids is 1. The second-order valence-corrected chi connectivity index (χ2v) is 9.87. The van der Waals surface area contributed by atoms with Crippen molar-refractivity contribution in [1.82, 2.24) is 5.32 Å². The molecule has 7 nitrogen and oxygen atoms in total. The van der Waals surface area contributed by atoms with Crippen LogP contribution in [0.25, 0.3) is 0 Å². The highest BCUT2D eigenvalue weighted by Gasteiger charge is 2.14. The third kappa shape index (κ3) is 15.6. The molecule has 7 heteroatoms. The Balaban J connectivity index is 3.06. The number of unbranched alkanes of at least 4 members (excludes halogenated alkanes) is 3. The maximum Gasteiger partial charge on any atom is 0.303 e. The van der Waals surface area contributed by atoms with Crippen molar-refractivity contribution in [3.63, 3.8) is 0 Å². The van der Waals surface area contributed by atoms with Crippen LogP contribution in [-0.4, -0.2) is 62.9 Å². The molecule has 0 aliphatic carbocycles. The van der Waals surface area contributed by atoms with Crippen molar-refractivity contribution in [2.24, 2.45) is 0 Å². The van der Waals surface area contributed by atoms with E-state index < -0.39 is 18.2 Å². The molecule has 1 rings (SSSR count). The van der Waals surface area contributed by atoms with E-state index in [9.17, 15) is 25.2 Å². The van der Waals surface area contributed by atoms with Crippen molar-refractivity contribution < 1.29 is 30.3 Å². The fourth-order valence-corrected chi connectivity index (χ4v) is 4.52. The fourth-order valence-electron chi connectivity index (χ4n) is 4.52. The number of aliphatic hydroxyl groups excluding tert-OH is 3. The van der Waals surface area contributed by atoms with Crippen LogP contribution in [0, 0.1) is 0 Å². The average molecular weight is 520 g/mol. The summed E-state index contributed by atoms with van der Waals surface area (Å²) in [6, 6.07) is 7.23. The first kappa shape index (κ1) is 32.8. The van der Waals surface area contributed by atoms with Crippen LogP contribution in [0.2, 0.25) is 0 Å². The second kappa shape index (κ2) is 19.9. The van der Waals surface area contributed by atoms with Gasteiger partial charge in [0.15, 0.2) is 0 Å². The summed E-state index contributed by atoms with van der Waals surface area (Å²) in [5.74, 6) is -0.598. The molecule has 1 aromatic rings. The topological polar surface area (TPSA) is 130 Å². The molecule has 0 bridgehead atoms. The van der Waals surface area contributed by atoms with Crippen LogP contribution in [0.1, 0.15) is 90.0 Å². The molecule has 6 N–H and O–H groups in total. The van der Waals surface area contributed by atoms with Gasteiger partial charge < -0.3 is 30.8 Å². The highest BCUT2D eigenvalue weighted by molar-refractivity contribution is 5.66. The van der Waals surface area contributed by atoms with Crippen LogP contribution in [0.15, 0.2) is 47.6 Å². The van der Waals surface area contributed by atoms with Gasteiger partial charge in [0.1, 0.15) is 5.75 Å². The summed E-state index contributed by atoms with van der Waals surface area (Å²) in [7, 11) is 0. The van der Waals surface area contributed by atoms with Gasteiger partial charge in [0.2, 0.25) is 0 Å². The molecule has 0 spiro atoms. The Morgan fingerprint density at radius 2 is 1.78 bits per heavy atom. The van der Waals surface area contributed by atoms with Gasteiger partial charge in [-0.05, 0) is 74.8 Å². The minimum Gasteiger partial charge on any atom is -0.508 e. The van der Waals surface area contributed by atoms with E-state index in [0.717, 1.165) is 68.2 Å². The number of hydrogen-bond donors (Lipinski definition) is 6. The van der Waals surface area contributed by atoms with E-state index in [1.165, 1.54) is 0 Å². The highest BCUT2D eigenvalue weighted by atomic mass is 16.4. The van der Waals surface area contributed by atoms with E-state index >= 15 is 0 Å². The van der Waals surface area contributed by atoms with Crippen molar-refractivity contribution in [2.45, 2.75) is 109 Å². The maximum atomic E-state index is 11.0. The van der Waals surface area contributed by atoms with E-state index in [1.807, 2.05) is 25.1 Å². The molecule has 3 atom stereocenters. The lowest BCUT2D eigenvalue weighted by Gasteiger charge is -2.19. The molecule has 0 saturated carbocycles. The quantitative estimate of drug-likeness (QED) is 0.101. The monoisotopic (exact) mass is 519 g/mol. The normalized spacial score (nSPS) is 14.9. The number of carboxylic acid groups (broad SMARTS) is 1. The fraction of sp³-hybridized carbons (Fsp3) is 0.633. The van der Waals surface area contributed by atoms with Crippen molar-refractivity contribution in [2.75, 3.05) is 13.2 Å². The number of phenolic OH excluding ortho intramolecular Hbond substituents is 1. The van der Waals surface area contributed by atoms with Gasteiger partial charge in [-0.15, -0.1) is 0 Å². The van der Waals surface area contributed by atoms with E-state index in [2.05, 4.69) is 12.2 Å². The number of benzene rings is 1. The van der Waals surface area contributed by atoms with Crippen molar-refractivity contribution in [3.8, 4) is 5.75 Å². The van der Waals surface area contributed by atoms with Gasteiger partial charge in [0, 0.05) is 12.5 Å². The number of aliphatic carboxylic acids is 1. The SMILES string of the molecule is CCCCC[C@H](O)C=CC(Cc1cccc(O)c1)=C(CCCC[C@H](CCC(=O)O)NCC)C[C@H](O)CO. The number of rotatable bonds is 21. The molecule has 0 unspecified atom stereocenters. The summed E-state index contributed by atoms with van der Waals surface area (Å²) in [6.07, 6.45) is 11.1. The molecule has 0 aromatic heterocycles. The van der Waals surface area contributed by atoms with Crippen LogP contribution < -0.4 is 5.32 Å². The smallest absolute Gasteiger partial charge is 0.303 e. The number of allylic oxidation sites excluding steroid dienone is 2. The van der Waals surface area contributed by atoms with Gasteiger partial charge in [-0.2, -0.15) is 0 Å². The molecule has 0 saturated heterocycles. The minimum atomic E-state index is -0.873. The van der Waals surface area contributed by atoms with Crippen molar-refractivity contribution >= 4 is 5.97 Å². The zero-order valence-corrected chi connectivity index (χ0v) is 22.7. The number of aromatic hydroxyl groups is 1. The molecule has 1 aromatic carbocycles. The minimum absolute atomic E-state index is 0.144. The number of aliphatic hydroxyl groups is 3. The van der Waals surface area contributed by atoms with Gasteiger partial charge in [-0.3, -0.25) is 4.79 Å². The zero-order valence-electron chi connectivity index (χ0n) is 22.7. The molecule has 0 aliphatic heterocycles. The maximum absolute atomic E-state index is 11.0. The summed E-state index contributed by atoms with van der Waals surface area (Å²) >= 11 is 0. The summed E-state index contributed by atoms with van der Waals surface area (Å²) in [5.41, 5.74) is 2.92. The zero-order chi connectivity index (χ0) is 27.5. The van der Waals surface area contributed by atoms with E-state index in [4.69, 9.17) is 5.11 Å². The van der Waals surface area contributed by atoms with Gasteiger partial charge in [-0.25, -0.2) is 0 Å². The van der Waals surface area contributed by atoms with Crippen LogP contribution >= 0.6 is 0 Å². The predicted molar refractivity (Wildman–Crippen MR) is 149 cm³/mol. The standard InChI is InChI=1S/C30H49NO6/c1-3-5-6-13-27(33)17-15-25(19-23-10-9-14-28(34)20-23)24(21-29(35)22-32)11-7-8-12-26(31-4-2)16-18-30(36)37/h9-10,14-15,17,20,26-27,29,31-35H,3-8,11-13,16,18-19,21-22H2,1-2H3,(H,36,37)/t26-,27+,29+/m1/s1. The molecule has 0 radical (unpaired) electrons. The number of phenols is 1. The van der Waals surface area contributed by atoms with E-state index in [-0.39, 0.29) is 24.8 Å². The first-order valence-electron chi connectivity index (χ1n) is 13.9. The molecule has 0 heterocycles. The molecule has 37 heavy (non-hydrogen) atoms. The Kier molecular flexibility index (Phi) is 17.6. The van der Waals surface area contributed by atoms with E-state index in [0.29, 0.717) is 25.7 Å². The highest BCUT2D eigenvalue weighted by Crippen LogP contribution is 2.25. The third-order valence-corrected chi connectivity index (χ3v) is 6.56. The Bertz CT molecular complexity index is 822. The lowest BCUT2D eigenvalue weighted by atomic mass is 9.91. The summed E-state index contributed by atoms with van der Waals surface area (Å²) < 4.78 is 0. The molecule has 210 valence electrons. The largest absolute Gasteiger partial charge is 0.508 e. The number of nitrogens with one attached hydrogen (secondary N) is 1. The summed E-state index contributed by atoms with van der Waals surface area (Å²) in [5, 5.41) is 52.6. The molecule has 0 fully saturated rings. The lowest BCUT2D eigenvalue weighted by Crippen LogP contribution is -2.29. The Labute approximate surface area is 222 Å². The lowest BCUT2D eigenvalue weighted by molar-refractivity contribution is -0.137. The first-order valence-corrected chi connectivity index (χ1v) is 13.9. The van der Waals surface area contributed by atoms with E-state index in [1.54, 1.807) is 18.2 Å². The molecular weight excluding hydrogens is 470 g/mol. The summed E-state index contributed by atoms with van der Waals surface area (Å²) in [4.78, 5) is 11.0. The van der Waals surface area contributed by atoms with Gasteiger partial charge >= 0.3 is 5.97 Å². The predicted octanol–water partition coefficient (Wildman–Crippen LogP) is 4.88. The van der Waals surface area contributed by atoms with Crippen LogP contribution in [0.5, 0.6) is 5.75 Å². The van der Waals surface area contributed by atoms with Crippen molar-refractivity contribution in [3.05, 3.63) is 53.1 Å². The van der Waals surface area contributed by atoms with Gasteiger partial charge in [-0.1, -0.05) is 69.4 Å². The first-order chi connectivity index (χ1) is 17.8. The molecular formula is C30H49NO6. The Morgan fingerprint density at radius 3 is 2.43 bits per heavy atom. The Hall–Kier alpha value is -2.19. The van der Waals surface area contributed by atoms with Crippen LogP contribution in [0.4, 0.5) is 0 Å². The van der Waals surface area contributed by atoms with Crippen LogP contribution in [0.3, 0.4) is 0 Å². The molecule has 0 amide bonds. The molecule has 0 aliphatic rings. The van der Waals surface area contributed by atoms with Crippen LogP contribution in [-0.2, 0) is 11.2 Å². The summed E-state index contributed by atoms with van der Waals surface area (Å²) in [6.45, 7) is 4.60. The second-order valence-electron chi connectivity index (χ2n) is 9.87. The third-order valence-electron chi connectivity index (χ3n) is 6.56. The number of carbonyl (C=O) groups is 1. The number of hydrogen-bond acceptors (Lipinski definition) is 6. The average Bonchev–Trinajstić information content (AvgIpc) is 2.86. The van der Waals surface area contributed by atoms with Gasteiger partial charge in [0.05, 0.1) is 18.8 Å². The van der Waals surface area contributed by atoms with Gasteiger partial charge in [0.25, 0.3) is 0 Å². The van der Waals surface area contributed by atoms with Crippen molar-refractivity contribution in [1.29, 1.82) is 0 Å². The Morgan fingerprint density at radius 1 is 1.03 bits per heavy atom.